The third-order valence-electron chi connectivity index (χ3n) is 1.65. The van der Waals surface area contributed by atoms with Crippen LogP contribution in [0.5, 0.6) is 5.75 Å². The summed E-state index contributed by atoms with van der Waals surface area (Å²) in [7, 11) is 1.32. The third-order valence-corrected chi connectivity index (χ3v) is 2.11. The van der Waals surface area contributed by atoms with Crippen molar-refractivity contribution >= 4 is 21.9 Å². The largest absolute Gasteiger partial charge is 0.491 e. The van der Waals surface area contributed by atoms with E-state index >= 15 is 0 Å². The van der Waals surface area contributed by atoms with Crippen LogP contribution in [0.15, 0.2) is 22.7 Å². The summed E-state index contributed by atoms with van der Waals surface area (Å²) in [5, 5.41) is 8.59. The summed E-state index contributed by atoms with van der Waals surface area (Å²) in [6.07, 6.45) is 0. The number of esters is 1. The fourth-order valence-electron chi connectivity index (χ4n) is 1.05. The first-order valence-corrected chi connectivity index (χ1v) is 5.09. The Hall–Kier alpha value is -1.07. The van der Waals surface area contributed by atoms with E-state index in [-0.39, 0.29) is 13.2 Å². The van der Waals surface area contributed by atoms with Gasteiger partial charge in [-0.2, -0.15) is 0 Å². The van der Waals surface area contributed by atoms with Gasteiger partial charge in [-0.3, -0.25) is 0 Å². The summed E-state index contributed by atoms with van der Waals surface area (Å²) in [6.45, 7) is 0.122. The summed E-state index contributed by atoms with van der Waals surface area (Å²) in [5.41, 5.74) is 0.403. The van der Waals surface area contributed by atoms with Gasteiger partial charge in [0.2, 0.25) is 0 Å². The number of benzene rings is 1. The average Bonchev–Trinajstić information content (AvgIpc) is 2.24. The van der Waals surface area contributed by atoms with Gasteiger partial charge in [-0.1, -0.05) is 15.9 Å². The van der Waals surface area contributed by atoms with E-state index in [0.717, 1.165) is 4.47 Å². The van der Waals surface area contributed by atoms with Gasteiger partial charge in [-0.05, 0) is 18.2 Å². The summed E-state index contributed by atoms with van der Waals surface area (Å²) < 4.78 is 10.5. The second-order valence-electron chi connectivity index (χ2n) is 2.74. The standard InChI is InChI=1S/C10H11BrO4/c1-14-10(13)7-4-8(11)6-9(5-7)15-3-2-12/h4-6,12H,2-3H2,1H3. The third kappa shape index (κ3) is 3.53. The molecule has 0 aliphatic heterocycles. The molecule has 4 nitrogen and oxygen atoms in total. The van der Waals surface area contributed by atoms with Crippen LogP contribution in [0.25, 0.3) is 0 Å². The molecular formula is C10H11BrO4. The first-order valence-electron chi connectivity index (χ1n) is 4.30. The molecule has 5 heteroatoms. The molecule has 0 saturated carbocycles. The van der Waals surface area contributed by atoms with Crippen LogP contribution in [0.3, 0.4) is 0 Å². The predicted octanol–water partition coefficient (Wildman–Crippen LogP) is 1.61. The van der Waals surface area contributed by atoms with E-state index in [2.05, 4.69) is 20.7 Å². The van der Waals surface area contributed by atoms with Crippen molar-refractivity contribution in [2.75, 3.05) is 20.3 Å². The van der Waals surface area contributed by atoms with E-state index < -0.39 is 5.97 Å². The van der Waals surface area contributed by atoms with Gasteiger partial charge >= 0.3 is 5.97 Å². The zero-order chi connectivity index (χ0) is 11.3. The molecule has 0 aromatic heterocycles. The molecule has 1 aromatic carbocycles. The number of aliphatic hydroxyl groups is 1. The summed E-state index contributed by atoms with van der Waals surface area (Å²) in [6, 6.07) is 4.91. The molecule has 15 heavy (non-hydrogen) atoms. The Kier molecular flexibility index (Phi) is 4.58. The minimum atomic E-state index is -0.426. The average molecular weight is 275 g/mol. The zero-order valence-corrected chi connectivity index (χ0v) is 9.78. The highest BCUT2D eigenvalue weighted by Crippen LogP contribution is 2.21. The van der Waals surface area contributed by atoms with Gasteiger partial charge in [0.05, 0.1) is 19.3 Å². The summed E-state index contributed by atoms with van der Waals surface area (Å²) >= 11 is 3.25. The Morgan fingerprint density at radius 2 is 2.20 bits per heavy atom. The van der Waals surface area contributed by atoms with Gasteiger partial charge in [-0.25, -0.2) is 4.79 Å². The molecule has 0 amide bonds. The molecular weight excluding hydrogens is 264 g/mol. The van der Waals surface area contributed by atoms with Crippen LogP contribution in [0, 0.1) is 0 Å². The van der Waals surface area contributed by atoms with Crippen molar-refractivity contribution in [2.45, 2.75) is 0 Å². The molecule has 0 radical (unpaired) electrons. The molecule has 0 aliphatic rings. The first kappa shape index (κ1) is 12.0. The van der Waals surface area contributed by atoms with Crippen molar-refractivity contribution in [3.8, 4) is 5.75 Å². The van der Waals surface area contributed by atoms with E-state index in [1.807, 2.05) is 0 Å². The van der Waals surface area contributed by atoms with E-state index in [1.165, 1.54) is 7.11 Å². The van der Waals surface area contributed by atoms with Gasteiger partial charge in [0.1, 0.15) is 12.4 Å². The highest BCUT2D eigenvalue weighted by molar-refractivity contribution is 9.10. The van der Waals surface area contributed by atoms with Gasteiger partial charge in [-0.15, -0.1) is 0 Å². The lowest BCUT2D eigenvalue weighted by atomic mass is 10.2. The highest BCUT2D eigenvalue weighted by Gasteiger charge is 2.08. The molecule has 0 aliphatic carbocycles. The Morgan fingerprint density at radius 3 is 2.80 bits per heavy atom. The number of rotatable bonds is 4. The Labute approximate surface area is 95.9 Å². The molecule has 0 bridgehead atoms. The van der Waals surface area contributed by atoms with Gasteiger partial charge in [0.15, 0.2) is 0 Å². The lowest BCUT2D eigenvalue weighted by molar-refractivity contribution is 0.0600. The number of carbonyl (C=O) groups is 1. The van der Waals surface area contributed by atoms with Crippen LogP contribution in [0.2, 0.25) is 0 Å². The topological polar surface area (TPSA) is 55.8 Å². The Morgan fingerprint density at radius 1 is 1.47 bits per heavy atom. The zero-order valence-electron chi connectivity index (χ0n) is 8.20. The number of carbonyl (C=O) groups excluding carboxylic acids is 1. The highest BCUT2D eigenvalue weighted by atomic mass is 79.9. The maximum atomic E-state index is 11.2. The Balaban J connectivity index is 2.89. The molecule has 0 atom stereocenters. The monoisotopic (exact) mass is 274 g/mol. The van der Waals surface area contributed by atoms with E-state index in [9.17, 15) is 4.79 Å². The van der Waals surface area contributed by atoms with E-state index in [1.54, 1.807) is 18.2 Å². The lowest BCUT2D eigenvalue weighted by Crippen LogP contribution is -2.04. The summed E-state index contributed by atoms with van der Waals surface area (Å²) in [4.78, 5) is 11.2. The molecule has 1 N–H and O–H groups in total. The molecule has 0 unspecified atom stereocenters. The van der Waals surface area contributed by atoms with Crippen molar-refractivity contribution in [1.29, 1.82) is 0 Å². The predicted molar refractivity (Wildman–Crippen MR) is 58.1 cm³/mol. The molecule has 0 saturated heterocycles. The first-order chi connectivity index (χ1) is 7.17. The Bertz CT molecular complexity index is 351. The number of halogens is 1. The van der Waals surface area contributed by atoms with Crippen LogP contribution in [-0.4, -0.2) is 31.4 Å². The molecule has 1 rings (SSSR count). The van der Waals surface area contributed by atoms with E-state index in [0.29, 0.717) is 11.3 Å². The number of ether oxygens (including phenoxy) is 2. The number of hydrogen-bond acceptors (Lipinski definition) is 4. The van der Waals surface area contributed by atoms with Crippen molar-refractivity contribution in [3.63, 3.8) is 0 Å². The van der Waals surface area contributed by atoms with E-state index in [4.69, 9.17) is 9.84 Å². The molecule has 0 fully saturated rings. The van der Waals surface area contributed by atoms with Crippen LogP contribution >= 0.6 is 15.9 Å². The van der Waals surface area contributed by atoms with Crippen molar-refractivity contribution in [2.24, 2.45) is 0 Å². The fraction of sp³-hybridized carbons (Fsp3) is 0.300. The SMILES string of the molecule is COC(=O)c1cc(Br)cc(OCCO)c1. The molecule has 82 valence electrons. The fourth-order valence-corrected chi connectivity index (χ4v) is 1.52. The smallest absolute Gasteiger partial charge is 0.338 e. The minimum Gasteiger partial charge on any atom is -0.491 e. The van der Waals surface area contributed by atoms with Gasteiger partial charge in [0, 0.05) is 4.47 Å². The molecule has 0 heterocycles. The van der Waals surface area contributed by atoms with Crippen LogP contribution in [-0.2, 0) is 4.74 Å². The molecule has 0 spiro atoms. The quantitative estimate of drug-likeness (QED) is 0.848. The lowest BCUT2D eigenvalue weighted by Gasteiger charge is -2.06. The number of hydrogen-bond donors (Lipinski definition) is 1. The maximum absolute atomic E-state index is 11.2. The maximum Gasteiger partial charge on any atom is 0.338 e. The summed E-state index contributed by atoms with van der Waals surface area (Å²) in [5.74, 6) is 0.0870. The van der Waals surface area contributed by atoms with Gasteiger partial charge in [0.25, 0.3) is 0 Å². The van der Waals surface area contributed by atoms with Crippen LogP contribution in [0.4, 0.5) is 0 Å². The second-order valence-corrected chi connectivity index (χ2v) is 3.65. The molecule has 1 aromatic rings. The van der Waals surface area contributed by atoms with Crippen molar-refractivity contribution in [1.82, 2.24) is 0 Å². The minimum absolute atomic E-state index is 0.0694. The second kappa shape index (κ2) is 5.72. The van der Waals surface area contributed by atoms with Crippen molar-refractivity contribution in [3.05, 3.63) is 28.2 Å². The van der Waals surface area contributed by atoms with Crippen molar-refractivity contribution < 1.29 is 19.4 Å². The van der Waals surface area contributed by atoms with Crippen LogP contribution in [0.1, 0.15) is 10.4 Å². The van der Waals surface area contributed by atoms with Crippen LogP contribution < -0.4 is 4.74 Å². The normalized spacial score (nSPS) is 9.80. The number of aliphatic hydroxyl groups excluding tert-OH is 1. The van der Waals surface area contributed by atoms with Gasteiger partial charge < -0.3 is 14.6 Å². The number of methoxy groups -OCH3 is 1.